The Labute approximate surface area is 263 Å². The van der Waals surface area contributed by atoms with Crippen molar-refractivity contribution in [2.45, 2.75) is 66.5 Å². The van der Waals surface area contributed by atoms with Crippen LogP contribution in [-0.4, -0.2) is 32.4 Å². The minimum atomic E-state index is -2.03. The molecule has 230 valence electrons. The van der Waals surface area contributed by atoms with Crippen LogP contribution in [0.25, 0.3) is 0 Å². The van der Waals surface area contributed by atoms with E-state index in [2.05, 4.69) is 81.5 Å². The van der Waals surface area contributed by atoms with Crippen molar-refractivity contribution in [3.63, 3.8) is 0 Å². The van der Waals surface area contributed by atoms with E-state index in [0.717, 1.165) is 63.3 Å². The minimum absolute atomic E-state index is 0.300. The number of hydrogen-bond acceptors (Lipinski definition) is 6. The fourth-order valence-electron chi connectivity index (χ4n) is 4.34. The number of rotatable bonds is 10. The van der Waals surface area contributed by atoms with Gasteiger partial charge in [0.05, 0.1) is 11.4 Å². The molecule has 0 aliphatic rings. The van der Waals surface area contributed by atoms with Crippen molar-refractivity contribution in [2.24, 2.45) is 9.98 Å². The van der Waals surface area contributed by atoms with Gasteiger partial charge in [0.2, 0.25) is 0 Å². The zero-order valence-corrected chi connectivity index (χ0v) is 27.7. The quantitative estimate of drug-likeness (QED) is 0.206. The molecule has 4 rings (SSSR count). The number of benzene rings is 2. The van der Waals surface area contributed by atoms with Gasteiger partial charge in [-0.15, -0.1) is 0 Å². The molecule has 0 bridgehead atoms. The summed E-state index contributed by atoms with van der Waals surface area (Å²) in [5.74, 6) is 0.600. The average molecular weight is 669 g/mol. The Hall–Kier alpha value is -3.77. The molecule has 2 aromatic heterocycles. The van der Waals surface area contributed by atoms with Crippen LogP contribution in [0.5, 0.6) is 11.5 Å². The fourth-order valence-corrected chi connectivity index (χ4v) is 4.34. The van der Waals surface area contributed by atoms with E-state index in [9.17, 15) is 10.2 Å². The van der Waals surface area contributed by atoms with Crippen LogP contribution in [-0.2, 0) is 51.2 Å². The molecule has 0 aliphatic carbocycles. The summed E-state index contributed by atoms with van der Waals surface area (Å²) in [5, 5.41) is 21.8. The van der Waals surface area contributed by atoms with Crippen LogP contribution in [0.1, 0.15) is 49.2 Å². The Balaban J connectivity index is 0.000000275. The Morgan fingerprint density at radius 3 is 1.30 bits per heavy atom. The first-order valence-electron chi connectivity index (χ1n) is 14.6. The molecule has 0 saturated heterocycles. The van der Waals surface area contributed by atoms with E-state index in [1.807, 2.05) is 50.5 Å². The van der Waals surface area contributed by atoms with Crippen LogP contribution >= 0.6 is 0 Å². The molecule has 0 aliphatic heterocycles. The van der Waals surface area contributed by atoms with E-state index >= 15 is 0 Å². The zero-order valence-electron chi connectivity index (χ0n) is 25.6. The summed E-state index contributed by atoms with van der Waals surface area (Å²) in [5.41, 5.74) is 4.36. The van der Waals surface area contributed by atoms with Crippen LogP contribution in [0.4, 0.5) is 0 Å². The first-order valence-corrected chi connectivity index (χ1v) is 16.3. The van der Waals surface area contributed by atoms with Crippen LogP contribution in [0.3, 0.4) is 0 Å². The molecular weight excluding hydrogens is 624 g/mol. The Bertz CT molecular complexity index is 1450. The Morgan fingerprint density at radius 2 is 0.977 bits per heavy atom. The van der Waals surface area contributed by atoms with Gasteiger partial charge in [-0.1, -0.05) is 74.5 Å². The van der Waals surface area contributed by atoms with Gasteiger partial charge in [-0.25, -0.2) is 0 Å². The fraction of sp³-hybridized carbons (Fsp3) is 0.353. The summed E-state index contributed by atoms with van der Waals surface area (Å²) >= 11 is -2.03. The standard InChI is InChI=1S/2C17H22N2O.Mo.2O/c2*1-3-11-18-16-10-13-19(14(2)17(16)20)12-9-15-7-5-4-6-8-15;;;/h2*4-8,10,13,20H,3,9,11-12H2,1-2H3;;;. The van der Waals surface area contributed by atoms with Crippen molar-refractivity contribution in [3.05, 3.63) is 118 Å². The second kappa shape index (κ2) is 20.2. The van der Waals surface area contributed by atoms with Crippen molar-refractivity contribution in [3.8, 4) is 11.5 Å². The van der Waals surface area contributed by atoms with E-state index in [0.29, 0.717) is 22.2 Å². The third kappa shape index (κ3) is 12.2. The summed E-state index contributed by atoms with van der Waals surface area (Å²) in [4.78, 5) is 8.76. The van der Waals surface area contributed by atoms with Gasteiger partial charge >= 0.3 is 25.3 Å². The maximum atomic E-state index is 10.2. The van der Waals surface area contributed by atoms with E-state index in [1.165, 1.54) is 11.1 Å². The van der Waals surface area contributed by atoms with Crippen molar-refractivity contribution in [2.75, 3.05) is 13.1 Å². The maximum absolute atomic E-state index is 10.2. The first-order chi connectivity index (χ1) is 20.9. The molecule has 0 spiro atoms. The van der Waals surface area contributed by atoms with Crippen LogP contribution in [0.15, 0.2) is 95.2 Å². The van der Waals surface area contributed by atoms with Gasteiger partial charge in [-0.05, 0) is 62.8 Å². The zero-order chi connectivity index (χ0) is 31.5. The number of aromatic hydroxyl groups is 2. The van der Waals surface area contributed by atoms with E-state index in [-0.39, 0.29) is 0 Å². The number of nitrogens with zero attached hydrogens (tertiary/aromatic N) is 4. The van der Waals surface area contributed by atoms with Gasteiger partial charge in [0.15, 0.2) is 11.5 Å². The molecule has 2 aromatic carbocycles. The van der Waals surface area contributed by atoms with E-state index in [1.54, 1.807) is 0 Å². The molecule has 9 heteroatoms. The van der Waals surface area contributed by atoms with Gasteiger partial charge in [-0.3, -0.25) is 9.98 Å². The van der Waals surface area contributed by atoms with Crippen molar-refractivity contribution in [1.29, 1.82) is 0 Å². The van der Waals surface area contributed by atoms with Crippen molar-refractivity contribution < 1.29 is 35.5 Å². The number of aromatic nitrogens is 2. The van der Waals surface area contributed by atoms with E-state index < -0.39 is 18.5 Å². The van der Waals surface area contributed by atoms with Gasteiger partial charge in [0, 0.05) is 38.6 Å². The third-order valence-corrected chi connectivity index (χ3v) is 6.84. The predicted molar refractivity (Wildman–Crippen MR) is 165 cm³/mol. The second-order valence-corrected chi connectivity index (χ2v) is 10.3. The molecular formula is C34H44MoN4O4. The first kappa shape index (κ1) is 35.4. The molecule has 0 unspecified atom stereocenters. The number of pyridine rings is 2. The Kier molecular flexibility index (Phi) is 16.6. The topological polar surface area (TPSA) is 109 Å². The van der Waals surface area contributed by atoms with Crippen LogP contribution in [0, 0.1) is 13.8 Å². The van der Waals surface area contributed by atoms with Gasteiger partial charge in [0.1, 0.15) is 10.7 Å². The van der Waals surface area contributed by atoms with E-state index in [4.69, 9.17) is 6.80 Å². The van der Waals surface area contributed by atoms with Crippen molar-refractivity contribution >= 4 is 0 Å². The average Bonchev–Trinajstić information content (AvgIpc) is 3.03. The molecule has 0 radical (unpaired) electrons. The van der Waals surface area contributed by atoms with Crippen LogP contribution in [0.2, 0.25) is 0 Å². The molecule has 2 N–H and O–H groups in total. The number of aryl methyl sites for hydroxylation is 4. The molecule has 0 amide bonds. The monoisotopic (exact) mass is 670 g/mol. The molecule has 2 heterocycles. The summed E-state index contributed by atoms with van der Waals surface area (Å²) in [6.45, 7) is 11.3. The van der Waals surface area contributed by atoms with Gasteiger partial charge in [-0.2, -0.15) is 0 Å². The van der Waals surface area contributed by atoms with Crippen molar-refractivity contribution in [1.82, 2.24) is 9.13 Å². The SMILES string of the molecule is CCCN=c1ccn(CCc2ccccc2)c(C)c1O.CCCN=c1ccn(CCc2ccccc2)c(C)c1O.[O]=[Mo]=[O]. The molecule has 0 atom stereocenters. The third-order valence-electron chi connectivity index (χ3n) is 6.84. The Morgan fingerprint density at radius 1 is 0.628 bits per heavy atom. The summed E-state index contributed by atoms with van der Waals surface area (Å²) < 4.78 is 21.2. The molecule has 0 saturated carbocycles. The summed E-state index contributed by atoms with van der Waals surface area (Å²) in [6, 6.07) is 24.5. The van der Waals surface area contributed by atoms with Gasteiger partial charge < -0.3 is 19.3 Å². The molecule has 43 heavy (non-hydrogen) atoms. The molecule has 0 fully saturated rings. The normalized spacial score (nSPS) is 11.3. The van der Waals surface area contributed by atoms with Gasteiger partial charge in [0.25, 0.3) is 0 Å². The summed E-state index contributed by atoms with van der Waals surface area (Å²) in [6.07, 6.45) is 7.90. The van der Waals surface area contributed by atoms with Crippen LogP contribution < -0.4 is 10.7 Å². The summed E-state index contributed by atoms with van der Waals surface area (Å²) in [7, 11) is 0. The molecule has 8 nitrogen and oxygen atoms in total. The predicted octanol–water partition coefficient (Wildman–Crippen LogP) is 5.87. The molecule has 4 aromatic rings. The number of hydrogen-bond donors (Lipinski definition) is 2. The second-order valence-electron chi connectivity index (χ2n) is 9.96.